The van der Waals surface area contributed by atoms with Crippen LogP contribution in [-0.2, 0) is 23.2 Å². The Morgan fingerprint density at radius 1 is 1.06 bits per heavy atom. The smallest absolute Gasteiger partial charge is 0.434 e. The lowest BCUT2D eigenvalue weighted by Gasteiger charge is -2.13. The van der Waals surface area contributed by atoms with E-state index in [1.54, 1.807) is 59.2 Å². The molecular formula is C23H20F3N5O2S. The van der Waals surface area contributed by atoms with Gasteiger partial charge in [0.25, 0.3) is 0 Å². The van der Waals surface area contributed by atoms with E-state index in [1.807, 2.05) is 6.92 Å². The first kappa shape index (κ1) is 23.6. The van der Waals surface area contributed by atoms with Crippen molar-refractivity contribution in [1.29, 1.82) is 0 Å². The highest BCUT2D eigenvalue weighted by molar-refractivity contribution is 7.98. The quantitative estimate of drug-likeness (QED) is 0.262. The number of aromatic nitrogens is 5. The molecule has 0 aliphatic rings. The number of benzene rings is 2. The molecule has 2 aromatic heterocycles. The fourth-order valence-electron chi connectivity index (χ4n) is 3.43. The summed E-state index contributed by atoms with van der Waals surface area (Å²) in [5, 5.41) is 12.7. The summed E-state index contributed by atoms with van der Waals surface area (Å²) in [7, 11) is 1.31. The average Bonchev–Trinajstić information content (AvgIpc) is 3.47. The zero-order valence-corrected chi connectivity index (χ0v) is 19.1. The third-order valence-corrected chi connectivity index (χ3v) is 6.09. The number of ether oxygens (including phenoxy) is 1. The van der Waals surface area contributed by atoms with E-state index in [9.17, 15) is 18.0 Å². The number of hydrogen-bond acceptors (Lipinski definition) is 6. The van der Waals surface area contributed by atoms with Crippen molar-refractivity contribution < 1.29 is 22.7 Å². The van der Waals surface area contributed by atoms with Crippen LogP contribution in [0.25, 0.3) is 17.1 Å². The number of thioether (sulfide) groups is 1. The SMILES string of the molecule is CCn1c(SCc2ccc(C(=O)OC)cc2)nnc1-c1cnn(-c2ccccc2)c1C(F)(F)F. The van der Waals surface area contributed by atoms with Gasteiger partial charge in [0, 0.05) is 12.3 Å². The van der Waals surface area contributed by atoms with E-state index in [4.69, 9.17) is 4.74 Å². The zero-order valence-electron chi connectivity index (χ0n) is 18.3. The minimum atomic E-state index is -4.65. The Hall–Kier alpha value is -3.60. The number of rotatable bonds is 7. The molecule has 11 heteroatoms. The molecule has 7 nitrogen and oxygen atoms in total. The Morgan fingerprint density at radius 2 is 1.76 bits per heavy atom. The van der Waals surface area contributed by atoms with Crippen LogP contribution in [-0.4, -0.2) is 37.6 Å². The molecule has 2 aromatic carbocycles. The van der Waals surface area contributed by atoms with Crippen molar-refractivity contribution >= 4 is 17.7 Å². The van der Waals surface area contributed by atoms with Gasteiger partial charge in [0.1, 0.15) is 0 Å². The van der Waals surface area contributed by atoms with E-state index < -0.39 is 17.8 Å². The summed E-state index contributed by atoms with van der Waals surface area (Å²) >= 11 is 1.34. The predicted molar refractivity (Wildman–Crippen MR) is 121 cm³/mol. The minimum absolute atomic E-state index is 0.0977. The lowest BCUT2D eigenvalue weighted by molar-refractivity contribution is -0.142. The second kappa shape index (κ2) is 9.72. The third-order valence-electron chi connectivity index (χ3n) is 5.06. The Kier molecular flexibility index (Phi) is 6.73. The molecule has 2 heterocycles. The fraction of sp³-hybridized carbons (Fsp3) is 0.217. The molecule has 0 saturated heterocycles. The van der Waals surface area contributed by atoms with Crippen molar-refractivity contribution in [2.45, 2.75) is 30.6 Å². The van der Waals surface area contributed by atoms with Gasteiger partial charge in [-0.2, -0.15) is 18.3 Å². The molecule has 0 N–H and O–H groups in total. The van der Waals surface area contributed by atoms with E-state index in [0.717, 1.165) is 10.2 Å². The molecule has 4 aromatic rings. The van der Waals surface area contributed by atoms with Gasteiger partial charge in [-0.3, -0.25) is 0 Å². The van der Waals surface area contributed by atoms with Crippen LogP contribution in [0, 0.1) is 0 Å². The maximum Gasteiger partial charge on any atom is 0.434 e. The van der Waals surface area contributed by atoms with Gasteiger partial charge < -0.3 is 9.30 Å². The number of methoxy groups -OCH3 is 1. The van der Waals surface area contributed by atoms with E-state index in [2.05, 4.69) is 15.3 Å². The summed E-state index contributed by atoms with van der Waals surface area (Å²) < 4.78 is 49.5. The number of nitrogens with zero attached hydrogens (tertiary/aromatic N) is 5. The number of esters is 1. The van der Waals surface area contributed by atoms with Crippen molar-refractivity contribution in [2.75, 3.05) is 7.11 Å². The molecule has 0 bridgehead atoms. The zero-order chi connectivity index (χ0) is 24.3. The van der Waals surface area contributed by atoms with Crippen LogP contribution in [0.1, 0.15) is 28.5 Å². The van der Waals surface area contributed by atoms with E-state index in [-0.39, 0.29) is 11.4 Å². The number of carbonyl (C=O) groups is 1. The molecule has 0 radical (unpaired) electrons. The minimum Gasteiger partial charge on any atom is -0.465 e. The molecule has 176 valence electrons. The van der Waals surface area contributed by atoms with Crippen LogP contribution in [0.2, 0.25) is 0 Å². The van der Waals surface area contributed by atoms with Gasteiger partial charge in [0.2, 0.25) is 0 Å². The van der Waals surface area contributed by atoms with Crippen LogP contribution in [0.4, 0.5) is 13.2 Å². The van der Waals surface area contributed by atoms with E-state index >= 15 is 0 Å². The molecule has 0 spiro atoms. The standard InChI is InChI=1S/C23H20F3N5O2S/c1-3-30-20(18-13-27-31(19(18)23(24,25)26)17-7-5-4-6-8-17)28-29-22(30)34-14-15-9-11-16(12-10-15)21(32)33-2/h4-13H,3,14H2,1-2H3. The molecule has 0 unspecified atom stereocenters. The summed E-state index contributed by atoms with van der Waals surface area (Å²) in [6.07, 6.45) is -3.48. The molecule has 34 heavy (non-hydrogen) atoms. The number of halogens is 3. The number of carbonyl (C=O) groups excluding carboxylic acids is 1. The second-order valence-electron chi connectivity index (χ2n) is 7.18. The molecule has 0 saturated carbocycles. The Labute approximate surface area is 197 Å². The first-order chi connectivity index (χ1) is 16.3. The Morgan fingerprint density at radius 3 is 2.38 bits per heavy atom. The van der Waals surface area contributed by atoms with Crippen molar-refractivity contribution in [3.8, 4) is 17.1 Å². The summed E-state index contributed by atoms with van der Waals surface area (Å²) in [5.74, 6) is 0.168. The molecule has 0 amide bonds. The van der Waals surface area contributed by atoms with Gasteiger partial charge in [-0.15, -0.1) is 10.2 Å². The van der Waals surface area contributed by atoms with Gasteiger partial charge in [-0.1, -0.05) is 42.1 Å². The van der Waals surface area contributed by atoms with Gasteiger partial charge >= 0.3 is 12.1 Å². The first-order valence-electron chi connectivity index (χ1n) is 10.3. The maximum absolute atomic E-state index is 14.1. The topological polar surface area (TPSA) is 74.8 Å². The van der Waals surface area contributed by atoms with Crippen molar-refractivity contribution in [3.63, 3.8) is 0 Å². The summed E-state index contributed by atoms with van der Waals surface area (Å²) in [6.45, 7) is 2.19. The van der Waals surface area contributed by atoms with E-state index in [1.165, 1.54) is 25.1 Å². The van der Waals surface area contributed by atoms with Crippen molar-refractivity contribution in [2.24, 2.45) is 0 Å². The molecule has 0 aliphatic carbocycles. The Bertz CT molecular complexity index is 1280. The van der Waals surface area contributed by atoms with Crippen molar-refractivity contribution in [1.82, 2.24) is 24.5 Å². The summed E-state index contributed by atoms with van der Waals surface area (Å²) in [4.78, 5) is 11.6. The lowest BCUT2D eigenvalue weighted by Crippen LogP contribution is -2.15. The highest BCUT2D eigenvalue weighted by Gasteiger charge is 2.40. The van der Waals surface area contributed by atoms with Gasteiger partial charge in [-0.25, -0.2) is 9.48 Å². The van der Waals surface area contributed by atoms with Gasteiger partial charge in [0.05, 0.1) is 30.1 Å². The number of alkyl halides is 3. The summed E-state index contributed by atoms with van der Waals surface area (Å²) in [6, 6.07) is 15.0. The first-order valence-corrected chi connectivity index (χ1v) is 11.3. The third kappa shape index (κ3) is 4.69. The molecule has 0 fully saturated rings. The molecule has 4 rings (SSSR count). The maximum atomic E-state index is 14.1. The normalized spacial score (nSPS) is 11.6. The molecule has 0 atom stereocenters. The molecular weight excluding hydrogens is 467 g/mol. The monoisotopic (exact) mass is 487 g/mol. The highest BCUT2D eigenvalue weighted by atomic mass is 32.2. The number of hydrogen-bond donors (Lipinski definition) is 0. The van der Waals surface area contributed by atoms with Crippen LogP contribution >= 0.6 is 11.8 Å². The fourth-order valence-corrected chi connectivity index (χ4v) is 4.39. The summed E-state index contributed by atoms with van der Waals surface area (Å²) in [5.41, 5.74) is 0.604. The largest absolute Gasteiger partial charge is 0.465 e. The molecule has 0 aliphatic heterocycles. The Balaban J connectivity index is 1.64. The van der Waals surface area contributed by atoms with Crippen LogP contribution in [0.15, 0.2) is 66.0 Å². The lowest BCUT2D eigenvalue weighted by atomic mass is 10.1. The van der Waals surface area contributed by atoms with Gasteiger partial charge in [0.15, 0.2) is 16.7 Å². The van der Waals surface area contributed by atoms with E-state index in [0.29, 0.717) is 28.7 Å². The van der Waals surface area contributed by atoms with Crippen molar-refractivity contribution in [3.05, 3.63) is 77.6 Å². The average molecular weight is 488 g/mol. The van der Waals surface area contributed by atoms with Crippen LogP contribution in [0.5, 0.6) is 0 Å². The van der Waals surface area contributed by atoms with Gasteiger partial charge in [-0.05, 0) is 36.8 Å². The second-order valence-corrected chi connectivity index (χ2v) is 8.12. The highest BCUT2D eigenvalue weighted by Crippen LogP contribution is 2.38. The number of para-hydroxylation sites is 1. The van der Waals surface area contributed by atoms with Crippen LogP contribution < -0.4 is 0 Å². The predicted octanol–water partition coefficient (Wildman–Crippen LogP) is 5.25. The van der Waals surface area contributed by atoms with Crippen LogP contribution in [0.3, 0.4) is 0 Å².